The highest BCUT2D eigenvalue weighted by atomic mass is 16.5. The molecule has 1 unspecified atom stereocenters. The van der Waals surface area contributed by atoms with Gasteiger partial charge in [-0.1, -0.05) is 19.4 Å². The minimum absolute atomic E-state index is 0.237. The number of unbranched alkanes of at least 4 members (excludes halogenated alkanes) is 1. The van der Waals surface area contributed by atoms with E-state index in [4.69, 9.17) is 24.5 Å². The molecule has 7 heteroatoms. The molecule has 4 N–H and O–H groups in total. The van der Waals surface area contributed by atoms with Gasteiger partial charge in [-0.15, -0.1) is 0 Å². The maximum absolute atomic E-state index is 9.42. The minimum Gasteiger partial charge on any atom is -0.508 e. The van der Waals surface area contributed by atoms with E-state index in [2.05, 4.69) is 12.2 Å². The molecule has 0 fully saturated rings. The summed E-state index contributed by atoms with van der Waals surface area (Å²) < 4.78 is 5.87. The van der Waals surface area contributed by atoms with E-state index >= 15 is 0 Å². The van der Waals surface area contributed by atoms with Crippen LogP contribution in [0.15, 0.2) is 18.2 Å². The van der Waals surface area contributed by atoms with Crippen molar-refractivity contribution in [3.05, 3.63) is 23.8 Å². The monoisotopic (exact) mass is 325 g/mol. The van der Waals surface area contributed by atoms with Crippen LogP contribution in [0.1, 0.15) is 31.7 Å². The van der Waals surface area contributed by atoms with Crippen LogP contribution in [0.5, 0.6) is 11.5 Å². The molecule has 1 aliphatic rings. The third kappa shape index (κ3) is 7.01. The summed E-state index contributed by atoms with van der Waals surface area (Å²) in [6.07, 6.45) is 4.76. The number of benzene rings is 1. The van der Waals surface area contributed by atoms with Gasteiger partial charge in [-0.25, -0.2) is 9.59 Å². The molecule has 1 atom stereocenters. The summed E-state index contributed by atoms with van der Waals surface area (Å²) in [4.78, 5) is 18.2. The number of nitrogens with one attached hydrogen (secondary N) is 1. The first-order valence-electron chi connectivity index (χ1n) is 7.59. The van der Waals surface area contributed by atoms with Crippen molar-refractivity contribution in [1.29, 1.82) is 0 Å². The second-order valence-corrected chi connectivity index (χ2v) is 5.24. The predicted molar refractivity (Wildman–Crippen MR) is 83.9 cm³/mol. The first kappa shape index (κ1) is 18.8. The van der Waals surface area contributed by atoms with Crippen molar-refractivity contribution < 1.29 is 29.6 Å². The van der Waals surface area contributed by atoms with E-state index in [-0.39, 0.29) is 11.9 Å². The standard InChI is InChI=1S/C14H21NO2.C2H2O4/c1-2-3-8-15-10-13-7-5-11-4-6-12(16)9-14(11)17-13;3-1(4)2(5)6/h4,6,9,13,15-16H,2-3,5,7-8,10H2,1H3;(H,3,4)(H,5,6). The van der Waals surface area contributed by atoms with Gasteiger partial charge in [0.1, 0.15) is 17.6 Å². The number of rotatable bonds is 5. The van der Waals surface area contributed by atoms with E-state index < -0.39 is 11.9 Å². The van der Waals surface area contributed by atoms with Gasteiger partial charge >= 0.3 is 11.9 Å². The van der Waals surface area contributed by atoms with Gasteiger partial charge in [-0.2, -0.15) is 0 Å². The van der Waals surface area contributed by atoms with Crippen LogP contribution in [0.25, 0.3) is 0 Å². The van der Waals surface area contributed by atoms with E-state index in [1.54, 1.807) is 12.1 Å². The van der Waals surface area contributed by atoms with Crippen molar-refractivity contribution in [2.75, 3.05) is 13.1 Å². The maximum Gasteiger partial charge on any atom is 0.414 e. The predicted octanol–water partition coefficient (Wildman–Crippen LogP) is 1.63. The molecule has 0 bridgehead atoms. The Morgan fingerprint density at radius 1 is 1.30 bits per heavy atom. The minimum atomic E-state index is -1.82. The highest BCUT2D eigenvalue weighted by Crippen LogP contribution is 2.30. The van der Waals surface area contributed by atoms with Gasteiger partial charge in [0.05, 0.1) is 0 Å². The lowest BCUT2D eigenvalue weighted by atomic mass is 10.0. The Morgan fingerprint density at radius 2 is 2.00 bits per heavy atom. The highest BCUT2D eigenvalue weighted by Gasteiger charge is 2.19. The molecule has 1 aliphatic heterocycles. The van der Waals surface area contributed by atoms with E-state index in [0.29, 0.717) is 0 Å². The van der Waals surface area contributed by atoms with Crippen molar-refractivity contribution in [2.24, 2.45) is 0 Å². The largest absolute Gasteiger partial charge is 0.508 e. The molecule has 0 saturated carbocycles. The number of carbonyl (C=O) groups is 2. The fourth-order valence-electron chi connectivity index (χ4n) is 2.12. The van der Waals surface area contributed by atoms with Gasteiger partial charge in [0, 0.05) is 12.6 Å². The number of hydrogen-bond acceptors (Lipinski definition) is 5. The number of phenols is 1. The van der Waals surface area contributed by atoms with Crippen LogP contribution in [-0.2, 0) is 16.0 Å². The summed E-state index contributed by atoms with van der Waals surface area (Å²) in [5.74, 6) is -2.52. The number of carboxylic acid groups (broad SMARTS) is 2. The molecule has 2 rings (SSSR count). The van der Waals surface area contributed by atoms with E-state index in [1.807, 2.05) is 6.07 Å². The average molecular weight is 325 g/mol. The molecule has 23 heavy (non-hydrogen) atoms. The molecular formula is C16H23NO6. The fourth-order valence-corrected chi connectivity index (χ4v) is 2.12. The molecular weight excluding hydrogens is 302 g/mol. The first-order chi connectivity index (χ1) is 10.9. The number of hydrogen-bond donors (Lipinski definition) is 4. The fraction of sp³-hybridized carbons (Fsp3) is 0.500. The van der Waals surface area contributed by atoms with E-state index in [1.165, 1.54) is 18.4 Å². The van der Waals surface area contributed by atoms with Crippen LogP contribution in [0.4, 0.5) is 0 Å². The Morgan fingerprint density at radius 3 is 2.61 bits per heavy atom. The second kappa shape index (κ2) is 9.68. The van der Waals surface area contributed by atoms with Gasteiger partial charge in [0.25, 0.3) is 0 Å². The summed E-state index contributed by atoms with van der Waals surface area (Å²) in [6, 6.07) is 5.39. The third-order valence-electron chi connectivity index (χ3n) is 3.34. The molecule has 0 amide bonds. The number of aliphatic carboxylic acids is 2. The Labute approximate surface area is 134 Å². The highest BCUT2D eigenvalue weighted by molar-refractivity contribution is 6.27. The molecule has 0 saturated heterocycles. The molecule has 0 spiro atoms. The zero-order chi connectivity index (χ0) is 17.2. The maximum atomic E-state index is 9.42. The van der Waals surface area contributed by atoms with Crippen LogP contribution < -0.4 is 10.1 Å². The van der Waals surface area contributed by atoms with E-state index in [9.17, 15) is 5.11 Å². The Bertz CT molecular complexity index is 519. The Balaban J connectivity index is 0.000000379. The first-order valence-corrected chi connectivity index (χ1v) is 7.59. The number of aromatic hydroxyl groups is 1. The number of carboxylic acids is 2. The SMILES string of the molecule is CCCCNCC1CCc2ccc(O)cc2O1.O=C(O)C(=O)O. The zero-order valence-corrected chi connectivity index (χ0v) is 13.1. The van der Waals surface area contributed by atoms with Crippen LogP contribution in [-0.4, -0.2) is 46.5 Å². The number of fused-ring (bicyclic) bond motifs is 1. The van der Waals surface area contributed by atoms with Crippen molar-refractivity contribution in [2.45, 2.75) is 38.7 Å². The quantitative estimate of drug-likeness (QED) is 0.480. The van der Waals surface area contributed by atoms with Crippen molar-refractivity contribution in [1.82, 2.24) is 5.32 Å². The van der Waals surface area contributed by atoms with Gasteiger partial charge in [0.2, 0.25) is 0 Å². The molecule has 1 aromatic rings. The lowest BCUT2D eigenvalue weighted by Gasteiger charge is -2.26. The van der Waals surface area contributed by atoms with Gasteiger partial charge in [0.15, 0.2) is 0 Å². The van der Waals surface area contributed by atoms with Crippen molar-refractivity contribution >= 4 is 11.9 Å². The van der Waals surface area contributed by atoms with Crippen molar-refractivity contribution in [3.8, 4) is 11.5 Å². The van der Waals surface area contributed by atoms with Crippen molar-refractivity contribution in [3.63, 3.8) is 0 Å². The summed E-state index contributed by atoms with van der Waals surface area (Å²) in [5, 5.41) is 27.6. The van der Waals surface area contributed by atoms with Crippen LogP contribution >= 0.6 is 0 Å². The van der Waals surface area contributed by atoms with Crippen LogP contribution in [0.2, 0.25) is 0 Å². The van der Waals surface area contributed by atoms with Gasteiger partial charge in [-0.3, -0.25) is 0 Å². The topological polar surface area (TPSA) is 116 Å². The third-order valence-corrected chi connectivity index (χ3v) is 3.34. The van der Waals surface area contributed by atoms with Crippen LogP contribution in [0.3, 0.4) is 0 Å². The Hall–Kier alpha value is -2.28. The second-order valence-electron chi connectivity index (χ2n) is 5.24. The zero-order valence-electron chi connectivity index (χ0n) is 13.1. The van der Waals surface area contributed by atoms with Gasteiger partial charge < -0.3 is 25.4 Å². The summed E-state index contributed by atoms with van der Waals surface area (Å²) >= 11 is 0. The molecule has 128 valence electrons. The summed E-state index contributed by atoms with van der Waals surface area (Å²) in [7, 11) is 0. The molecule has 0 aromatic heterocycles. The van der Waals surface area contributed by atoms with Gasteiger partial charge in [-0.05, 0) is 37.4 Å². The number of aryl methyl sites for hydroxylation is 1. The average Bonchev–Trinajstić information content (AvgIpc) is 2.51. The summed E-state index contributed by atoms with van der Waals surface area (Å²) in [6.45, 7) is 4.15. The molecule has 1 aromatic carbocycles. The molecule has 7 nitrogen and oxygen atoms in total. The van der Waals surface area contributed by atoms with Crippen LogP contribution in [0, 0.1) is 0 Å². The lowest BCUT2D eigenvalue weighted by Crippen LogP contribution is -2.34. The number of ether oxygens (including phenoxy) is 1. The van der Waals surface area contributed by atoms with E-state index in [0.717, 1.165) is 31.7 Å². The lowest BCUT2D eigenvalue weighted by molar-refractivity contribution is -0.159. The smallest absolute Gasteiger partial charge is 0.414 e. The molecule has 0 radical (unpaired) electrons. The normalized spacial score (nSPS) is 15.6. The Kier molecular flexibility index (Phi) is 7.90. The molecule has 0 aliphatic carbocycles. The number of phenolic OH excluding ortho intramolecular Hbond substituents is 1. The molecule has 1 heterocycles. The summed E-state index contributed by atoms with van der Waals surface area (Å²) in [5.41, 5.74) is 1.20.